The molecule has 0 aliphatic rings. The molecule has 2 aromatic heterocycles. The van der Waals surface area contributed by atoms with Gasteiger partial charge in [-0.1, -0.05) is 12.1 Å². The summed E-state index contributed by atoms with van der Waals surface area (Å²) in [7, 11) is 0. The van der Waals surface area contributed by atoms with E-state index in [0.717, 1.165) is 17.9 Å². The number of aliphatic carboxylic acids is 1. The van der Waals surface area contributed by atoms with Crippen molar-refractivity contribution in [2.45, 2.75) is 39.8 Å². The van der Waals surface area contributed by atoms with Crippen LogP contribution >= 0.6 is 11.3 Å². The number of aromatic nitrogens is 1. The molecule has 1 N–H and O–H groups in total. The SMILES string of the molecule is CCOC(Cc1ccc(OCCn2c(C)ccc2-c2cc(C)cs2)cc1)C(=O)O.[CsH]. The average molecular weight is 547 g/mol. The molecule has 1 aromatic carbocycles. The summed E-state index contributed by atoms with van der Waals surface area (Å²) in [5, 5.41) is 11.4. The second-order valence-corrected chi connectivity index (χ2v) is 7.89. The van der Waals surface area contributed by atoms with Crippen molar-refractivity contribution in [3.8, 4) is 16.3 Å². The minimum atomic E-state index is -0.939. The van der Waals surface area contributed by atoms with E-state index < -0.39 is 12.1 Å². The Morgan fingerprint density at radius 2 is 1.90 bits per heavy atom. The first kappa shape index (κ1) is 25.7. The van der Waals surface area contributed by atoms with Crippen LogP contribution in [0.3, 0.4) is 0 Å². The van der Waals surface area contributed by atoms with Gasteiger partial charge in [-0.25, -0.2) is 4.79 Å². The van der Waals surface area contributed by atoms with Crippen molar-refractivity contribution < 1.29 is 19.4 Å². The minimum absolute atomic E-state index is 0. The third-order valence-corrected chi connectivity index (χ3v) is 5.82. The molecule has 0 radical (unpaired) electrons. The number of hydrogen-bond acceptors (Lipinski definition) is 4. The number of nitrogens with zero attached hydrogens (tertiary/aromatic N) is 1. The summed E-state index contributed by atoms with van der Waals surface area (Å²) < 4.78 is 13.5. The summed E-state index contributed by atoms with van der Waals surface area (Å²) in [4.78, 5) is 12.5. The van der Waals surface area contributed by atoms with Crippen molar-refractivity contribution in [2.75, 3.05) is 13.2 Å². The van der Waals surface area contributed by atoms with Gasteiger partial charge in [0.05, 0.1) is 17.1 Å². The van der Waals surface area contributed by atoms with E-state index in [-0.39, 0.29) is 68.9 Å². The second kappa shape index (κ2) is 12.5. The van der Waals surface area contributed by atoms with Crippen LogP contribution in [0.25, 0.3) is 10.6 Å². The maximum atomic E-state index is 11.2. The Labute approximate surface area is 240 Å². The van der Waals surface area contributed by atoms with Gasteiger partial charge in [-0.15, -0.1) is 11.3 Å². The first-order valence-electron chi connectivity index (χ1n) is 9.75. The molecule has 0 aliphatic heterocycles. The molecule has 1 atom stereocenters. The Kier molecular flexibility index (Phi) is 10.7. The molecule has 0 saturated carbocycles. The van der Waals surface area contributed by atoms with E-state index in [1.54, 1.807) is 18.3 Å². The van der Waals surface area contributed by atoms with E-state index in [4.69, 9.17) is 9.47 Å². The number of benzene rings is 1. The molecule has 5 nitrogen and oxygen atoms in total. The monoisotopic (exact) mass is 547 g/mol. The standard InChI is InChI=1S/C23H27NO4S.Cs.H/c1-4-27-21(23(25)26)14-18-6-8-19(9-7-18)28-12-11-24-17(3)5-10-20(24)22-13-16(2)15-29-22;;/h5-10,13,15,21H,4,11-12,14H2,1-3H3,(H,25,26);;. The number of thiophene rings is 1. The molecule has 3 aromatic rings. The van der Waals surface area contributed by atoms with Crippen LogP contribution in [0.5, 0.6) is 5.75 Å². The Morgan fingerprint density at radius 1 is 1.17 bits per heavy atom. The molecule has 3 rings (SSSR count). The Morgan fingerprint density at radius 3 is 2.50 bits per heavy atom. The van der Waals surface area contributed by atoms with Gasteiger partial charge in [-0.2, -0.15) is 0 Å². The molecule has 0 fully saturated rings. The molecular weight excluding hydrogens is 519 g/mol. The van der Waals surface area contributed by atoms with Gasteiger partial charge in [-0.3, -0.25) is 0 Å². The third-order valence-electron chi connectivity index (χ3n) is 4.75. The second-order valence-electron chi connectivity index (χ2n) is 6.98. The molecule has 156 valence electrons. The summed E-state index contributed by atoms with van der Waals surface area (Å²) in [5.74, 6) is -0.165. The van der Waals surface area contributed by atoms with Crippen LogP contribution in [-0.4, -0.2) is 104 Å². The maximum absolute atomic E-state index is 11.2. The van der Waals surface area contributed by atoms with E-state index in [1.807, 2.05) is 24.3 Å². The first-order chi connectivity index (χ1) is 14.0. The van der Waals surface area contributed by atoms with E-state index in [0.29, 0.717) is 19.6 Å². The molecule has 0 saturated heterocycles. The number of rotatable bonds is 10. The van der Waals surface area contributed by atoms with Gasteiger partial charge in [0.25, 0.3) is 0 Å². The van der Waals surface area contributed by atoms with Crippen molar-refractivity contribution in [1.82, 2.24) is 4.57 Å². The Bertz CT molecular complexity index is 949. The quantitative estimate of drug-likeness (QED) is 0.412. The van der Waals surface area contributed by atoms with E-state index in [1.165, 1.54) is 21.8 Å². The molecule has 0 spiro atoms. The Balaban J connectivity index is 0.00000320. The fraction of sp³-hybridized carbons (Fsp3) is 0.348. The molecule has 1 unspecified atom stereocenters. The van der Waals surface area contributed by atoms with Crippen LogP contribution in [0, 0.1) is 13.8 Å². The number of ether oxygens (including phenoxy) is 2. The number of aryl methyl sites for hydroxylation is 2. The summed E-state index contributed by atoms with van der Waals surface area (Å²) in [6, 6.07) is 14.1. The Hall–Kier alpha value is -0.518. The summed E-state index contributed by atoms with van der Waals surface area (Å²) in [6.07, 6.45) is -0.474. The number of carbonyl (C=O) groups is 1. The van der Waals surface area contributed by atoms with Crippen molar-refractivity contribution >= 4 is 86.2 Å². The fourth-order valence-corrected chi connectivity index (χ4v) is 4.19. The van der Waals surface area contributed by atoms with Crippen LogP contribution in [0.4, 0.5) is 0 Å². The predicted molar refractivity (Wildman–Crippen MR) is 123 cm³/mol. The number of hydrogen-bond donors (Lipinski definition) is 1. The van der Waals surface area contributed by atoms with Gasteiger partial charge in [0.15, 0.2) is 6.10 Å². The van der Waals surface area contributed by atoms with Crippen LogP contribution in [0.15, 0.2) is 47.8 Å². The molecule has 2 heterocycles. The van der Waals surface area contributed by atoms with Gasteiger partial charge < -0.3 is 19.1 Å². The topological polar surface area (TPSA) is 60.7 Å². The number of carboxylic acids is 1. The van der Waals surface area contributed by atoms with Crippen molar-refractivity contribution in [2.24, 2.45) is 0 Å². The molecule has 0 bridgehead atoms. The van der Waals surface area contributed by atoms with Crippen LogP contribution in [0.2, 0.25) is 0 Å². The van der Waals surface area contributed by atoms with Crippen LogP contribution < -0.4 is 4.74 Å². The van der Waals surface area contributed by atoms with Crippen molar-refractivity contribution in [3.05, 3.63) is 64.7 Å². The summed E-state index contributed by atoms with van der Waals surface area (Å²) in [5.41, 5.74) is 4.62. The summed E-state index contributed by atoms with van der Waals surface area (Å²) >= 11 is 1.76. The number of carboxylic acid groups (broad SMARTS) is 1. The third kappa shape index (κ3) is 7.00. The van der Waals surface area contributed by atoms with Gasteiger partial charge >= 0.3 is 74.9 Å². The fourth-order valence-electron chi connectivity index (χ4n) is 3.26. The zero-order valence-corrected chi connectivity index (χ0v) is 17.9. The summed E-state index contributed by atoms with van der Waals surface area (Å²) in [6.45, 7) is 7.71. The van der Waals surface area contributed by atoms with E-state index in [9.17, 15) is 9.90 Å². The van der Waals surface area contributed by atoms with Gasteiger partial charge in [-0.05, 0) is 67.6 Å². The molecule has 0 amide bonds. The predicted octanol–water partition coefficient (Wildman–Crippen LogP) is 4.30. The average Bonchev–Trinajstić information content (AvgIpc) is 3.28. The zero-order chi connectivity index (χ0) is 20.8. The van der Waals surface area contributed by atoms with Gasteiger partial charge in [0.1, 0.15) is 12.4 Å². The van der Waals surface area contributed by atoms with E-state index >= 15 is 0 Å². The van der Waals surface area contributed by atoms with Gasteiger partial charge in [0.2, 0.25) is 0 Å². The van der Waals surface area contributed by atoms with Crippen molar-refractivity contribution in [1.29, 1.82) is 0 Å². The molecule has 7 heteroatoms. The molecule has 0 aliphatic carbocycles. The van der Waals surface area contributed by atoms with Crippen LogP contribution in [-0.2, 0) is 22.5 Å². The zero-order valence-electron chi connectivity index (χ0n) is 17.1. The van der Waals surface area contributed by atoms with E-state index in [2.05, 4.69) is 42.0 Å². The normalized spacial score (nSPS) is 11.7. The molecule has 30 heavy (non-hydrogen) atoms. The first-order valence-corrected chi connectivity index (χ1v) is 10.6. The van der Waals surface area contributed by atoms with Gasteiger partial charge in [0, 0.05) is 18.7 Å². The van der Waals surface area contributed by atoms with Crippen molar-refractivity contribution in [3.63, 3.8) is 0 Å². The molecular formula is C23H28CsNO4S. The van der Waals surface area contributed by atoms with Crippen LogP contribution in [0.1, 0.15) is 23.7 Å².